The smallest absolute Gasteiger partial charge is 0.416 e. The number of anilines is 5. The topological polar surface area (TPSA) is 19.6 Å². The Morgan fingerprint density at radius 1 is 0.481 bits per heavy atom. The summed E-state index contributed by atoms with van der Waals surface area (Å²) in [4.78, 5) is 4.07. The summed E-state index contributed by atoms with van der Waals surface area (Å²) >= 11 is 0. The number of nitrogens with zero attached hydrogens (tertiary/aromatic N) is 2. The second-order valence-corrected chi connectivity index (χ2v) is 13.1. The minimum atomic E-state index is -4.38. The van der Waals surface area contributed by atoms with Crippen LogP contribution >= 0.6 is 0 Å². The summed E-state index contributed by atoms with van der Waals surface area (Å²) < 4.78 is 45.9. The molecule has 0 fully saturated rings. The highest BCUT2D eigenvalue weighted by Crippen LogP contribution is 2.41. The molecular weight excluding hydrogens is 654 g/mol. The summed E-state index contributed by atoms with van der Waals surface area (Å²) in [6.45, 7) is 2.11. The molecule has 8 aromatic rings. The maximum atomic E-state index is 13.1. The predicted octanol–water partition coefficient (Wildman–Crippen LogP) is 13.3. The fraction of sp³-hybridized carbons (Fsp3) is 0.0870. The first-order chi connectivity index (χ1) is 25.2. The molecule has 1 aromatic heterocycles. The first-order valence-electron chi connectivity index (χ1n) is 17.2. The molecule has 1 heterocycles. The molecule has 0 spiro atoms. The van der Waals surface area contributed by atoms with Crippen LogP contribution in [0.4, 0.5) is 41.6 Å². The lowest BCUT2D eigenvalue weighted by atomic mass is 9.85. The van der Waals surface area contributed by atoms with Crippen LogP contribution in [0, 0.1) is 6.92 Å². The van der Waals surface area contributed by atoms with E-state index in [4.69, 9.17) is 4.42 Å². The molecule has 256 valence electrons. The summed E-state index contributed by atoms with van der Waals surface area (Å²) in [5.74, 6) is 0.0936. The van der Waals surface area contributed by atoms with Gasteiger partial charge in [0.15, 0.2) is 0 Å². The molecule has 0 saturated carbocycles. The highest BCUT2D eigenvalue weighted by atomic mass is 19.4. The second kappa shape index (κ2) is 13.5. The first kappa shape index (κ1) is 32.9. The van der Waals surface area contributed by atoms with E-state index in [1.165, 1.54) is 34.4 Å². The maximum Gasteiger partial charge on any atom is 0.416 e. The quantitative estimate of drug-likeness (QED) is 0.148. The van der Waals surface area contributed by atoms with Crippen molar-refractivity contribution in [3.05, 3.63) is 198 Å². The Balaban J connectivity index is 1.15. The Bertz CT molecular complexity index is 2450. The van der Waals surface area contributed by atoms with Gasteiger partial charge in [0.25, 0.3) is 0 Å². The molecule has 0 saturated heterocycles. The molecule has 0 aliphatic heterocycles. The van der Waals surface area contributed by atoms with E-state index in [-0.39, 0.29) is 5.92 Å². The third kappa shape index (κ3) is 6.40. The van der Waals surface area contributed by atoms with Gasteiger partial charge < -0.3 is 14.2 Å². The summed E-state index contributed by atoms with van der Waals surface area (Å²) in [7, 11) is 1.83. The molecule has 3 nitrogen and oxygen atoms in total. The highest BCUT2D eigenvalue weighted by molar-refractivity contribution is 6.07. The third-order valence-electron chi connectivity index (χ3n) is 9.71. The molecule has 0 bridgehead atoms. The standard InChI is InChI=1S/C46H35F3N2O/c1-31-13-15-33(16-14-31)45(32-9-5-3-6-10-32)34-17-21-38(22-18-34)51(37-11-7-4-8-12-37)40-26-28-42-41-27-25-39(29-43(41)52-44(42)30-40)50(2)36-23-19-35(20-24-36)46(47,48)49/h3-30,45H,1-2H3. The molecule has 0 aliphatic carbocycles. The molecule has 52 heavy (non-hydrogen) atoms. The Morgan fingerprint density at radius 2 is 0.942 bits per heavy atom. The Kier molecular flexibility index (Phi) is 8.52. The van der Waals surface area contributed by atoms with Gasteiger partial charge >= 0.3 is 6.18 Å². The van der Waals surface area contributed by atoms with E-state index < -0.39 is 11.7 Å². The van der Waals surface area contributed by atoms with Crippen LogP contribution in [0.5, 0.6) is 0 Å². The molecule has 1 atom stereocenters. The van der Waals surface area contributed by atoms with Gasteiger partial charge in [-0.3, -0.25) is 0 Å². The lowest BCUT2D eigenvalue weighted by molar-refractivity contribution is -0.137. The van der Waals surface area contributed by atoms with Crippen molar-refractivity contribution >= 4 is 50.4 Å². The Hall–Kier alpha value is -6.27. The van der Waals surface area contributed by atoms with Crippen molar-refractivity contribution in [1.29, 1.82) is 0 Å². The number of para-hydroxylation sites is 1. The van der Waals surface area contributed by atoms with Crippen molar-refractivity contribution in [2.45, 2.75) is 19.0 Å². The van der Waals surface area contributed by atoms with Crippen LogP contribution in [0.15, 0.2) is 174 Å². The minimum Gasteiger partial charge on any atom is -0.456 e. The summed E-state index contributed by atoms with van der Waals surface area (Å²) in [5.41, 5.74) is 10.1. The van der Waals surface area contributed by atoms with Crippen molar-refractivity contribution in [2.24, 2.45) is 0 Å². The van der Waals surface area contributed by atoms with E-state index >= 15 is 0 Å². The van der Waals surface area contributed by atoms with E-state index in [9.17, 15) is 13.2 Å². The van der Waals surface area contributed by atoms with Crippen molar-refractivity contribution in [3.8, 4) is 0 Å². The number of aryl methyl sites for hydroxylation is 1. The SMILES string of the molecule is Cc1ccc(C(c2ccccc2)c2ccc(N(c3ccccc3)c3ccc4c(c3)oc3cc(N(C)c5ccc(C(F)(F)F)cc5)ccc34)cc2)cc1. The zero-order chi connectivity index (χ0) is 35.8. The molecule has 8 rings (SSSR count). The van der Waals surface area contributed by atoms with Crippen molar-refractivity contribution in [2.75, 3.05) is 16.8 Å². The van der Waals surface area contributed by atoms with E-state index in [1.807, 2.05) is 48.3 Å². The fourth-order valence-corrected chi connectivity index (χ4v) is 6.95. The van der Waals surface area contributed by atoms with Gasteiger partial charge in [0.2, 0.25) is 0 Å². The van der Waals surface area contributed by atoms with Gasteiger partial charge in [0.1, 0.15) is 11.2 Å². The van der Waals surface area contributed by atoms with Crippen LogP contribution in [0.1, 0.15) is 33.7 Å². The molecule has 1 unspecified atom stereocenters. The summed E-state index contributed by atoms with van der Waals surface area (Å²) in [5, 5.41) is 1.94. The summed E-state index contributed by atoms with van der Waals surface area (Å²) in [6, 6.07) is 55.8. The van der Waals surface area contributed by atoms with Crippen LogP contribution in [0.2, 0.25) is 0 Å². The number of hydrogen-bond acceptors (Lipinski definition) is 3. The molecule has 6 heteroatoms. The van der Waals surface area contributed by atoms with Gasteiger partial charge in [0, 0.05) is 64.3 Å². The van der Waals surface area contributed by atoms with E-state index in [0.717, 1.165) is 51.2 Å². The zero-order valence-electron chi connectivity index (χ0n) is 28.7. The van der Waals surface area contributed by atoms with Crippen LogP contribution in [0.25, 0.3) is 21.9 Å². The van der Waals surface area contributed by atoms with Gasteiger partial charge in [0.05, 0.1) is 5.56 Å². The molecule has 0 amide bonds. The lowest BCUT2D eigenvalue weighted by Gasteiger charge is -2.26. The number of rotatable bonds is 8. The van der Waals surface area contributed by atoms with E-state index in [2.05, 4.69) is 121 Å². The largest absolute Gasteiger partial charge is 0.456 e. The summed E-state index contributed by atoms with van der Waals surface area (Å²) in [6.07, 6.45) is -4.38. The van der Waals surface area contributed by atoms with E-state index in [0.29, 0.717) is 11.3 Å². The predicted molar refractivity (Wildman–Crippen MR) is 206 cm³/mol. The number of benzene rings is 7. The van der Waals surface area contributed by atoms with E-state index in [1.54, 1.807) is 0 Å². The zero-order valence-corrected chi connectivity index (χ0v) is 28.7. The molecule has 7 aromatic carbocycles. The number of fused-ring (bicyclic) bond motifs is 3. The highest BCUT2D eigenvalue weighted by Gasteiger charge is 2.30. The van der Waals surface area contributed by atoms with Crippen LogP contribution in [-0.2, 0) is 6.18 Å². The Morgan fingerprint density at radius 3 is 1.54 bits per heavy atom. The number of alkyl halides is 3. The van der Waals surface area contributed by atoms with Crippen molar-refractivity contribution < 1.29 is 17.6 Å². The van der Waals surface area contributed by atoms with Crippen LogP contribution < -0.4 is 9.80 Å². The van der Waals surface area contributed by atoms with Crippen molar-refractivity contribution in [1.82, 2.24) is 0 Å². The third-order valence-corrected chi connectivity index (χ3v) is 9.71. The first-order valence-corrected chi connectivity index (χ1v) is 17.2. The Labute approximate surface area is 300 Å². The van der Waals surface area contributed by atoms with Crippen molar-refractivity contribution in [3.63, 3.8) is 0 Å². The molecule has 0 radical (unpaired) electrons. The number of hydrogen-bond donors (Lipinski definition) is 0. The normalized spacial score (nSPS) is 12.2. The average molecular weight is 689 g/mol. The minimum absolute atomic E-state index is 0.0936. The van der Waals surface area contributed by atoms with Gasteiger partial charge in [-0.15, -0.1) is 0 Å². The van der Waals surface area contributed by atoms with Crippen LogP contribution in [0.3, 0.4) is 0 Å². The monoisotopic (exact) mass is 688 g/mol. The number of furan rings is 1. The average Bonchev–Trinajstić information content (AvgIpc) is 3.54. The molecule has 0 N–H and O–H groups in total. The molecular formula is C46H35F3N2O. The van der Waals surface area contributed by atoms with Crippen LogP contribution in [-0.4, -0.2) is 7.05 Å². The van der Waals surface area contributed by atoms with Gasteiger partial charge in [-0.25, -0.2) is 0 Å². The molecule has 0 aliphatic rings. The number of halogens is 3. The second-order valence-electron chi connectivity index (χ2n) is 13.1. The van der Waals surface area contributed by atoms with Gasteiger partial charge in [-0.2, -0.15) is 13.2 Å². The van der Waals surface area contributed by atoms with Gasteiger partial charge in [-0.05, 0) is 96.4 Å². The fourth-order valence-electron chi connectivity index (χ4n) is 6.95. The lowest BCUT2D eigenvalue weighted by Crippen LogP contribution is -2.10. The maximum absolute atomic E-state index is 13.1. The van der Waals surface area contributed by atoms with Gasteiger partial charge in [-0.1, -0.05) is 90.5 Å².